The minimum Gasteiger partial charge on any atom is -0.486 e. The third-order valence-electron chi connectivity index (χ3n) is 3.27. The van der Waals surface area contributed by atoms with Crippen LogP contribution in [-0.4, -0.2) is 27.7 Å². The van der Waals surface area contributed by atoms with E-state index >= 15 is 0 Å². The Morgan fingerprint density at radius 3 is 2.61 bits per heavy atom. The Morgan fingerprint density at radius 2 is 1.83 bits per heavy atom. The number of rotatable bonds is 4. The highest BCUT2D eigenvalue weighted by atomic mass is 35.5. The molecule has 8 heteroatoms. The smallest absolute Gasteiger partial charge is 0.242 e. The van der Waals surface area contributed by atoms with Crippen LogP contribution in [0.15, 0.2) is 47.4 Å². The second kappa shape index (κ2) is 6.57. The van der Waals surface area contributed by atoms with Crippen LogP contribution in [0.1, 0.15) is 0 Å². The number of sulfonamides is 1. The lowest BCUT2D eigenvalue weighted by molar-refractivity contribution is 0.0943. The summed E-state index contributed by atoms with van der Waals surface area (Å²) >= 11 is 11.8. The summed E-state index contributed by atoms with van der Waals surface area (Å²) in [5, 5.41) is 0.175. The zero-order chi connectivity index (χ0) is 16.4. The van der Waals surface area contributed by atoms with Gasteiger partial charge in [0.25, 0.3) is 0 Å². The molecule has 1 N–H and O–H groups in total. The molecule has 0 spiro atoms. The third kappa shape index (κ3) is 3.55. The summed E-state index contributed by atoms with van der Waals surface area (Å²) in [5.74, 6) is 1.23. The molecule has 0 fully saturated rings. The Labute approximate surface area is 144 Å². The standard InChI is InChI=1S/C15H13Cl2NO4S/c16-11-4-3-7-14(15(11)17)23(19,20)18-8-10-9-21-12-5-1-2-6-13(12)22-10/h1-7,10,18H,8-9H2. The van der Waals surface area contributed by atoms with Crippen LogP contribution in [0, 0.1) is 0 Å². The molecule has 0 aliphatic carbocycles. The van der Waals surface area contributed by atoms with Gasteiger partial charge in [-0.05, 0) is 24.3 Å². The average molecular weight is 374 g/mol. The van der Waals surface area contributed by atoms with E-state index < -0.39 is 16.1 Å². The van der Waals surface area contributed by atoms with Crippen molar-refractivity contribution in [3.63, 3.8) is 0 Å². The molecule has 3 rings (SSSR count). The summed E-state index contributed by atoms with van der Waals surface area (Å²) in [6.07, 6.45) is -0.433. The molecule has 0 bridgehead atoms. The van der Waals surface area contributed by atoms with Crippen molar-refractivity contribution >= 4 is 33.2 Å². The van der Waals surface area contributed by atoms with Crippen LogP contribution in [0.4, 0.5) is 0 Å². The maximum atomic E-state index is 12.3. The minimum absolute atomic E-state index is 0.00664. The van der Waals surface area contributed by atoms with Gasteiger partial charge in [0.15, 0.2) is 11.5 Å². The van der Waals surface area contributed by atoms with Crippen molar-refractivity contribution in [3.05, 3.63) is 52.5 Å². The number of hydrogen-bond donors (Lipinski definition) is 1. The molecule has 0 aromatic heterocycles. The summed E-state index contributed by atoms with van der Waals surface area (Å²) in [4.78, 5) is -0.0659. The molecule has 122 valence electrons. The molecule has 0 saturated carbocycles. The number of benzene rings is 2. The first-order chi connectivity index (χ1) is 11.0. The molecule has 1 atom stereocenters. The molecule has 23 heavy (non-hydrogen) atoms. The highest BCUT2D eigenvalue weighted by Crippen LogP contribution is 2.31. The predicted molar refractivity (Wildman–Crippen MR) is 88.0 cm³/mol. The molecule has 2 aromatic carbocycles. The Bertz CT molecular complexity index is 826. The first-order valence-corrected chi connectivity index (χ1v) is 9.03. The Hall–Kier alpha value is -1.47. The molecule has 1 aliphatic rings. The van der Waals surface area contributed by atoms with Crippen LogP contribution in [0.5, 0.6) is 11.5 Å². The fourth-order valence-corrected chi connectivity index (χ4v) is 3.96. The molecule has 5 nitrogen and oxygen atoms in total. The van der Waals surface area contributed by atoms with E-state index in [1.165, 1.54) is 18.2 Å². The number of hydrogen-bond acceptors (Lipinski definition) is 4. The maximum Gasteiger partial charge on any atom is 0.242 e. The molecule has 0 saturated heterocycles. The molecule has 0 radical (unpaired) electrons. The lowest BCUT2D eigenvalue weighted by Crippen LogP contribution is -2.40. The van der Waals surface area contributed by atoms with Gasteiger partial charge in [-0.15, -0.1) is 0 Å². The Balaban J connectivity index is 1.70. The first kappa shape index (κ1) is 16.4. The fraction of sp³-hybridized carbons (Fsp3) is 0.200. The highest BCUT2D eigenvalue weighted by Gasteiger charge is 2.25. The number of nitrogens with one attached hydrogen (secondary N) is 1. The molecule has 1 aliphatic heterocycles. The monoisotopic (exact) mass is 373 g/mol. The molecule has 2 aromatic rings. The van der Waals surface area contributed by atoms with E-state index in [1.807, 2.05) is 12.1 Å². The van der Waals surface area contributed by atoms with E-state index in [2.05, 4.69) is 4.72 Å². The fourth-order valence-electron chi connectivity index (χ4n) is 2.14. The van der Waals surface area contributed by atoms with Gasteiger partial charge in [-0.1, -0.05) is 41.4 Å². The van der Waals surface area contributed by atoms with Crippen molar-refractivity contribution in [2.45, 2.75) is 11.0 Å². The Morgan fingerprint density at radius 1 is 1.09 bits per heavy atom. The topological polar surface area (TPSA) is 64.6 Å². The number of fused-ring (bicyclic) bond motifs is 1. The van der Waals surface area contributed by atoms with Gasteiger partial charge in [0.1, 0.15) is 17.6 Å². The third-order valence-corrected chi connectivity index (χ3v) is 5.67. The van der Waals surface area contributed by atoms with Crippen LogP contribution in [0.2, 0.25) is 10.0 Å². The highest BCUT2D eigenvalue weighted by molar-refractivity contribution is 7.89. The summed E-state index contributed by atoms with van der Waals surface area (Å²) in [6.45, 7) is 0.308. The molecule has 0 amide bonds. The van der Waals surface area contributed by atoms with Gasteiger partial charge >= 0.3 is 0 Å². The number of para-hydroxylation sites is 2. The van der Waals surface area contributed by atoms with Crippen LogP contribution in [-0.2, 0) is 10.0 Å². The molecular weight excluding hydrogens is 361 g/mol. The second-order valence-electron chi connectivity index (χ2n) is 4.90. The molecule has 1 heterocycles. The number of halogens is 2. The van der Waals surface area contributed by atoms with E-state index in [0.29, 0.717) is 11.5 Å². The van der Waals surface area contributed by atoms with Gasteiger partial charge in [-0.25, -0.2) is 13.1 Å². The van der Waals surface area contributed by atoms with Crippen molar-refractivity contribution < 1.29 is 17.9 Å². The summed E-state index contributed by atoms with van der Waals surface area (Å²) in [5.41, 5.74) is 0. The number of ether oxygens (including phenoxy) is 2. The van der Waals surface area contributed by atoms with Crippen molar-refractivity contribution in [1.29, 1.82) is 0 Å². The van der Waals surface area contributed by atoms with Crippen LogP contribution in [0.3, 0.4) is 0 Å². The van der Waals surface area contributed by atoms with Gasteiger partial charge in [0.2, 0.25) is 10.0 Å². The summed E-state index contributed by atoms with van der Waals surface area (Å²) in [7, 11) is -3.79. The lowest BCUT2D eigenvalue weighted by Gasteiger charge is -2.26. The van der Waals surface area contributed by atoms with Gasteiger partial charge in [0.05, 0.1) is 16.6 Å². The van der Waals surface area contributed by atoms with Crippen molar-refractivity contribution in [2.24, 2.45) is 0 Å². The largest absolute Gasteiger partial charge is 0.486 e. The van der Waals surface area contributed by atoms with E-state index in [-0.39, 0.29) is 28.1 Å². The van der Waals surface area contributed by atoms with Crippen LogP contribution >= 0.6 is 23.2 Å². The van der Waals surface area contributed by atoms with E-state index in [0.717, 1.165) is 0 Å². The zero-order valence-corrected chi connectivity index (χ0v) is 14.2. The maximum absolute atomic E-state index is 12.3. The predicted octanol–water partition coefficient (Wildman–Crippen LogP) is 3.11. The second-order valence-corrected chi connectivity index (χ2v) is 7.42. The van der Waals surface area contributed by atoms with Crippen LogP contribution in [0.25, 0.3) is 0 Å². The van der Waals surface area contributed by atoms with E-state index in [9.17, 15) is 8.42 Å². The van der Waals surface area contributed by atoms with E-state index in [1.54, 1.807) is 12.1 Å². The minimum atomic E-state index is -3.79. The SMILES string of the molecule is O=S(=O)(NCC1COc2ccccc2O1)c1cccc(Cl)c1Cl. The van der Waals surface area contributed by atoms with E-state index in [4.69, 9.17) is 32.7 Å². The first-order valence-electron chi connectivity index (χ1n) is 6.79. The van der Waals surface area contributed by atoms with Gasteiger partial charge in [-0.3, -0.25) is 0 Å². The summed E-state index contributed by atoms with van der Waals surface area (Å²) < 4.78 is 38.4. The van der Waals surface area contributed by atoms with Crippen LogP contribution < -0.4 is 14.2 Å². The average Bonchev–Trinajstić information content (AvgIpc) is 2.55. The lowest BCUT2D eigenvalue weighted by atomic mass is 10.2. The zero-order valence-electron chi connectivity index (χ0n) is 11.8. The van der Waals surface area contributed by atoms with Crippen molar-refractivity contribution in [2.75, 3.05) is 13.2 Å². The van der Waals surface area contributed by atoms with Crippen molar-refractivity contribution in [1.82, 2.24) is 4.72 Å². The Kier molecular flexibility index (Phi) is 4.68. The molecular formula is C15H13Cl2NO4S. The quantitative estimate of drug-likeness (QED) is 0.893. The van der Waals surface area contributed by atoms with Gasteiger partial charge in [-0.2, -0.15) is 0 Å². The van der Waals surface area contributed by atoms with Gasteiger partial charge in [0, 0.05) is 0 Å². The van der Waals surface area contributed by atoms with Gasteiger partial charge < -0.3 is 9.47 Å². The summed E-state index contributed by atoms with van der Waals surface area (Å²) in [6, 6.07) is 11.7. The molecule has 1 unspecified atom stereocenters. The normalized spacial score (nSPS) is 17.0. The van der Waals surface area contributed by atoms with Crippen molar-refractivity contribution in [3.8, 4) is 11.5 Å².